The number of hydrogen-bond acceptors (Lipinski definition) is 1. The molecule has 4 fully saturated rings. The first-order valence-electron chi connectivity index (χ1n) is 12.4. The molecular weight excluding hydrogens is 455 g/mol. The Balaban J connectivity index is 1.68. The summed E-state index contributed by atoms with van der Waals surface area (Å²) in [6, 6.07) is 0. The molecule has 4 aliphatic rings. The Labute approximate surface area is 187 Å². The van der Waals surface area contributed by atoms with Crippen LogP contribution >= 0.6 is 22.6 Å². The average Bonchev–Trinajstić information content (AvgIpc) is 3.01. The van der Waals surface area contributed by atoms with Crippen LogP contribution in [0.5, 0.6) is 0 Å². The summed E-state index contributed by atoms with van der Waals surface area (Å²) >= 11 is 2.55. The van der Waals surface area contributed by atoms with Crippen LogP contribution in [0.15, 0.2) is 0 Å². The van der Waals surface area contributed by atoms with Crippen molar-refractivity contribution in [2.24, 2.45) is 58.2 Å². The molecule has 4 aliphatic carbocycles. The maximum Gasteiger partial charge on any atom is 0.139 e. The highest BCUT2D eigenvalue weighted by molar-refractivity contribution is 14.1. The van der Waals surface area contributed by atoms with Gasteiger partial charge < -0.3 is 0 Å². The predicted molar refractivity (Wildman–Crippen MR) is 127 cm³/mol. The van der Waals surface area contributed by atoms with Gasteiger partial charge in [-0.05, 0) is 102 Å². The van der Waals surface area contributed by atoms with E-state index in [9.17, 15) is 4.79 Å². The van der Waals surface area contributed by atoms with E-state index in [1.807, 2.05) is 0 Å². The van der Waals surface area contributed by atoms with Gasteiger partial charge in [-0.15, -0.1) is 0 Å². The van der Waals surface area contributed by atoms with E-state index in [4.69, 9.17) is 0 Å². The van der Waals surface area contributed by atoms with Gasteiger partial charge in [0.05, 0.1) is 0 Å². The van der Waals surface area contributed by atoms with E-state index < -0.39 is 0 Å². The number of carbonyl (C=O) groups is 1. The zero-order valence-electron chi connectivity index (χ0n) is 19.0. The van der Waals surface area contributed by atoms with Gasteiger partial charge in [0.15, 0.2) is 0 Å². The molecule has 0 aromatic heterocycles. The Hall–Kier alpha value is 0.400. The van der Waals surface area contributed by atoms with Crippen LogP contribution in [0.4, 0.5) is 0 Å². The summed E-state index contributed by atoms with van der Waals surface area (Å²) in [6.45, 7) is 12.4. The third kappa shape index (κ3) is 3.08. The number of ketones is 1. The van der Waals surface area contributed by atoms with Crippen molar-refractivity contribution in [3.63, 3.8) is 0 Å². The molecule has 4 saturated carbocycles. The fourth-order valence-corrected chi connectivity index (χ4v) is 10.2. The Morgan fingerprint density at radius 3 is 2.39 bits per heavy atom. The zero-order valence-corrected chi connectivity index (χ0v) is 21.1. The van der Waals surface area contributed by atoms with E-state index in [0.29, 0.717) is 46.2 Å². The van der Waals surface area contributed by atoms with E-state index in [1.165, 1.54) is 55.8 Å². The molecule has 0 bridgehead atoms. The molecule has 5 unspecified atom stereocenters. The highest BCUT2D eigenvalue weighted by Gasteiger charge is 2.64. The van der Waals surface area contributed by atoms with Gasteiger partial charge in [-0.25, -0.2) is 0 Å². The first-order valence-corrected chi connectivity index (χ1v) is 13.9. The van der Waals surface area contributed by atoms with Crippen LogP contribution < -0.4 is 0 Å². The molecule has 10 atom stereocenters. The lowest BCUT2D eigenvalue weighted by Crippen LogP contribution is -2.60. The summed E-state index contributed by atoms with van der Waals surface area (Å²) in [5.41, 5.74) is 0.852. The molecule has 2 heteroatoms. The molecule has 4 rings (SSSR count). The Bertz CT molecular complexity index is 601. The number of rotatable bonds is 4. The van der Waals surface area contributed by atoms with Gasteiger partial charge in [0.25, 0.3) is 0 Å². The minimum atomic E-state index is 0.349. The lowest BCUT2D eigenvalue weighted by Gasteiger charge is -2.62. The molecule has 0 aliphatic heterocycles. The lowest BCUT2D eigenvalue weighted by atomic mass is 9.41. The second-order valence-electron chi connectivity index (χ2n) is 11.8. The van der Waals surface area contributed by atoms with Crippen LogP contribution in [0.1, 0.15) is 92.4 Å². The highest BCUT2D eigenvalue weighted by atomic mass is 127. The first kappa shape index (κ1) is 21.6. The van der Waals surface area contributed by atoms with Crippen molar-refractivity contribution in [1.29, 1.82) is 0 Å². The van der Waals surface area contributed by atoms with Crippen molar-refractivity contribution in [1.82, 2.24) is 0 Å². The third-order valence-electron chi connectivity index (χ3n) is 10.7. The van der Waals surface area contributed by atoms with Crippen molar-refractivity contribution in [2.45, 2.75) is 92.4 Å². The predicted octanol–water partition coefficient (Wildman–Crippen LogP) is 7.56. The van der Waals surface area contributed by atoms with Crippen molar-refractivity contribution < 1.29 is 4.79 Å². The number of hydrogen-bond donors (Lipinski definition) is 0. The summed E-state index contributed by atoms with van der Waals surface area (Å²) in [7, 11) is 0. The van der Waals surface area contributed by atoms with Crippen LogP contribution in [0, 0.1) is 58.2 Å². The van der Waals surface area contributed by atoms with Crippen LogP contribution in [0.3, 0.4) is 0 Å². The molecule has 0 aromatic carbocycles. The topological polar surface area (TPSA) is 17.1 Å². The smallest absolute Gasteiger partial charge is 0.139 e. The van der Waals surface area contributed by atoms with E-state index >= 15 is 0 Å². The molecule has 0 heterocycles. The lowest BCUT2D eigenvalue weighted by molar-refractivity contribution is -0.170. The van der Waals surface area contributed by atoms with Crippen molar-refractivity contribution in [2.75, 3.05) is 4.43 Å². The van der Waals surface area contributed by atoms with Gasteiger partial charge in [-0.3, -0.25) is 4.79 Å². The SMILES string of the molecule is CC[C@H]1C(=O)C2C3CCC([C@H](C)CCI)[C@@]3(C)CCC2[C@@]2(C)CC[C@@H](C)CC12. The highest BCUT2D eigenvalue weighted by Crippen LogP contribution is 2.69. The van der Waals surface area contributed by atoms with Crippen LogP contribution in [-0.4, -0.2) is 10.2 Å². The van der Waals surface area contributed by atoms with Gasteiger partial charge in [-0.1, -0.05) is 63.6 Å². The number of alkyl halides is 1. The molecule has 0 radical (unpaired) electrons. The monoisotopic (exact) mass is 498 g/mol. The molecule has 160 valence electrons. The molecule has 0 N–H and O–H groups in total. The normalized spacial score (nSPS) is 51.9. The molecule has 28 heavy (non-hydrogen) atoms. The minimum absolute atomic E-state index is 0.349. The van der Waals surface area contributed by atoms with E-state index in [-0.39, 0.29) is 0 Å². The fraction of sp³-hybridized carbons (Fsp3) is 0.962. The Morgan fingerprint density at radius 1 is 1.04 bits per heavy atom. The minimum Gasteiger partial charge on any atom is -0.299 e. The van der Waals surface area contributed by atoms with Crippen molar-refractivity contribution in [3.05, 3.63) is 0 Å². The summed E-state index contributed by atoms with van der Waals surface area (Å²) in [5.74, 6) is 5.94. The quantitative estimate of drug-likeness (QED) is 0.289. The number of Topliss-reactive ketones (excluding diaryl/α,β-unsaturated/α-hetero) is 1. The number of carbonyl (C=O) groups excluding carboxylic acids is 1. The molecule has 0 saturated heterocycles. The Kier molecular flexibility index (Phi) is 6.04. The molecular formula is C26H43IO. The molecule has 0 spiro atoms. The van der Waals surface area contributed by atoms with E-state index in [2.05, 4.69) is 57.2 Å². The summed E-state index contributed by atoms with van der Waals surface area (Å²) in [6.07, 6.45) is 11.9. The van der Waals surface area contributed by atoms with Gasteiger partial charge in [0, 0.05) is 11.8 Å². The Morgan fingerprint density at radius 2 is 1.71 bits per heavy atom. The maximum atomic E-state index is 14.0. The summed E-state index contributed by atoms with van der Waals surface area (Å²) in [5, 5.41) is 0. The first-order chi connectivity index (χ1) is 13.3. The van der Waals surface area contributed by atoms with Crippen molar-refractivity contribution in [3.8, 4) is 0 Å². The van der Waals surface area contributed by atoms with Crippen LogP contribution in [-0.2, 0) is 4.79 Å². The van der Waals surface area contributed by atoms with Gasteiger partial charge in [-0.2, -0.15) is 0 Å². The molecule has 0 amide bonds. The summed E-state index contributed by atoms with van der Waals surface area (Å²) in [4.78, 5) is 14.0. The maximum absolute atomic E-state index is 14.0. The largest absolute Gasteiger partial charge is 0.299 e. The molecule has 0 aromatic rings. The van der Waals surface area contributed by atoms with Crippen molar-refractivity contribution >= 4 is 28.4 Å². The van der Waals surface area contributed by atoms with E-state index in [1.54, 1.807) is 0 Å². The van der Waals surface area contributed by atoms with Gasteiger partial charge in [0.1, 0.15) is 5.78 Å². The third-order valence-corrected chi connectivity index (χ3v) is 11.4. The standard InChI is InChI=1S/C26H43IO/c1-6-18-22-15-16(2)9-12-26(22,5)21-10-13-25(4)19(17(3)11-14-27)7-8-20(25)23(21)24(18)28/h16-23H,6-15H2,1-5H3/t16-,17-,18-,19?,20?,21?,22?,23?,25-,26-/m1/s1. The number of fused-ring (bicyclic) bond motifs is 5. The number of halogens is 1. The summed E-state index contributed by atoms with van der Waals surface area (Å²) < 4.78 is 1.27. The second kappa shape index (κ2) is 7.83. The molecule has 1 nitrogen and oxygen atoms in total. The van der Waals surface area contributed by atoms with Crippen LogP contribution in [0.2, 0.25) is 0 Å². The van der Waals surface area contributed by atoms with Gasteiger partial charge >= 0.3 is 0 Å². The van der Waals surface area contributed by atoms with E-state index in [0.717, 1.165) is 24.2 Å². The second-order valence-corrected chi connectivity index (χ2v) is 12.9. The zero-order chi connectivity index (χ0) is 20.3. The average molecular weight is 499 g/mol. The fourth-order valence-electron chi connectivity index (χ4n) is 9.20. The van der Waals surface area contributed by atoms with Gasteiger partial charge in [0.2, 0.25) is 0 Å². The van der Waals surface area contributed by atoms with Crippen LogP contribution in [0.25, 0.3) is 0 Å².